The Morgan fingerprint density at radius 1 is 0.935 bits per heavy atom. The second-order valence-corrected chi connectivity index (χ2v) is 12.1. The number of ether oxygens (including phenoxy) is 1. The van der Waals surface area contributed by atoms with Crippen LogP contribution in [-0.2, 0) is 27.3 Å². The van der Waals surface area contributed by atoms with Gasteiger partial charge in [-0.15, -0.1) is 0 Å². The average Bonchev–Trinajstić information content (AvgIpc) is 3.01. The number of nitrogens with one attached hydrogen (secondary N) is 1. The number of Topliss-reactive ketones (excluding diaryl/α,β-unsaturated/α-hetero) is 3. The van der Waals surface area contributed by atoms with E-state index in [0.29, 0.717) is 26.9 Å². The van der Waals surface area contributed by atoms with Gasteiger partial charge >= 0.3 is 6.18 Å². The molecule has 0 aliphatic carbocycles. The number of benzene rings is 3. The van der Waals surface area contributed by atoms with Crippen molar-refractivity contribution in [1.82, 2.24) is 5.32 Å². The Kier molecular flexibility index (Phi) is 12.9. The lowest BCUT2D eigenvalue weighted by Crippen LogP contribution is -2.41. The summed E-state index contributed by atoms with van der Waals surface area (Å²) >= 11 is 12.4. The summed E-state index contributed by atoms with van der Waals surface area (Å²) in [6, 6.07) is 16.0. The predicted molar refractivity (Wildman–Crippen MR) is 170 cm³/mol. The molecule has 3 N–H and O–H groups in total. The van der Waals surface area contributed by atoms with Gasteiger partial charge in [-0.1, -0.05) is 73.4 Å². The second kappa shape index (κ2) is 16.2. The molecule has 0 fully saturated rings. The number of ketones is 3. The minimum absolute atomic E-state index is 0.0530. The van der Waals surface area contributed by atoms with Crippen molar-refractivity contribution in [2.24, 2.45) is 23.5 Å². The van der Waals surface area contributed by atoms with Gasteiger partial charge < -0.3 is 15.8 Å². The fourth-order valence-corrected chi connectivity index (χ4v) is 5.49. The third kappa shape index (κ3) is 9.88. The quantitative estimate of drug-likeness (QED) is 0.166. The predicted octanol–water partition coefficient (Wildman–Crippen LogP) is 7.11. The first-order valence-corrected chi connectivity index (χ1v) is 15.2. The van der Waals surface area contributed by atoms with Crippen molar-refractivity contribution >= 4 is 46.5 Å². The van der Waals surface area contributed by atoms with Crippen LogP contribution in [0, 0.1) is 17.8 Å². The van der Waals surface area contributed by atoms with Gasteiger partial charge in [0.25, 0.3) is 0 Å². The Morgan fingerprint density at radius 2 is 1.61 bits per heavy atom. The van der Waals surface area contributed by atoms with E-state index in [1.807, 2.05) is 0 Å². The number of halogens is 5. The molecule has 0 radical (unpaired) electrons. The van der Waals surface area contributed by atoms with Crippen LogP contribution in [0.3, 0.4) is 0 Å². The fraction of sp³-hybridized carbons (Fsp3) is 0.353. The van der Waals surface area contributed by atoms with E-state index in [4.69, 9.17) is 33.7 Å². The molecule has 3 atom stereocenters. The summed E-state index contributed by atoms with van der Waals surface area (Å²) in [5.74, 6) is -6.97. The molecular formula is C34H35Cl2F3N2O5. The molecule has 0 heterocycles. The number of hydrogen-bond acceptors (Lipinski definition) is 6. The van der Waals surface area contributed by atoms with Gasteiger partial charge in [0.05, 0.1) is 7.11 Å². The van der Waals surface area contributed by atoms with Crippen molar-refractivity contribution < 1.29 is 37.1 Å². The highest BCUT2D eigenvalue weighted by atomic mass is 35.5. The van der Waals surface area contributed by atoms with Gasteiger partial charge in [0.2, 0.25) is 11.7 Å². The van der Waals surface area contributed by atoms with Gasteiger partial charge in [-0.2, -0.15) is 13.2 Å². The van der Waals surface area contributed by atoms with Crippen LogP contribution < -0.4 is 15.8 Å². The van der Waals surface area contributed by atoms with Gasteiger partial charge in [0, 0.05) is 46.8 Å². The van der Waals surface area contributed by atoms with Crippen LogP contribution in [-0.4, -0.2) is 36.5 Å². The topological polar surface area (TPSA) is 116 Å². The summed E-state index contributed by atoms with van der Waals surface area (Å²) in [5, 5.41) is 3.37. The number of hydrogen-bond donors (Lipinski definition) is 2. The van der Waals surface area contributed by atoms with Crippen molar-refractivity contribution in [2.75, 3.05) is 7.11 Å². The smallest absolute Gasteiger partial charge is 0.450 e. The molecule has 3 rings (SSSR count). The number of amides is 1. The molecule has 7 nitrogen and oxygen atoms in total. The second-order valence-electron chi connectivity index (χ2n) is 11.3. The normalized spacial score (nSPS) is 13.5. The molecular weight excluding hydrogens is 644 g/mol. The van der Waals surface area contributed by atoms with Crippen LogP contribution >= 0.6 is 23.2 Å². The lowest BCUT2D eigenvalue weighted by atomic mass is 9.84. The highest BCUT2D eigenvalue weighted by Crippen LogP contribution is 2.31. The first kappa shape index (κ1) is 36.7. The molecule has 0 saturated heterocycles. The maximum Gasteiger partial charge on any atom is 0.450 e. The Balaban J connectivity index is 1.98. The van der Waals surface area contributed by atoms with E-state index < -0.39 is 59.6 Å². The SMILES string of the molecule is COc1ccc([C@H](NC(=O)[C@@H](CC(=O)c2ccc(CN)c(Cl)c2)Cc2cccc(Cl)c2)C(=O)C[C@H](C(=O)C(F)(F)F)C(C)C)cc1. The number of rotatable bonds is 15. The van der Waals surface area contributed by atoms with E-state index in [0.717, 1.165) is 0 Å². The summed E-state index contributed by atoms with van der Waals surface area (Å²) < 4.78 is 45.4. The zero-order chi connectivity index (χ0) is 34.2. The fourth-order valence-electron chi connectivity index (χ4n) is 5.02. The highest BCUT2D eigenvalue weighted by Gasteiger charge is 2.45. The molecule has 3 aromatic rings. The first-order valence-electron chi connectivity index (χ1n) is 14.5. The van der Waals surface area contributed by atoms with E-state index in [1.54, 1.807) is 36.4 Å². The van der Waals surface area contributed by atoms with E-state index in [1.165, 1.54) is 51.3 Å². The van der Waals surface area contributed by atoms with Crippen LogP contribution in [0.1, 0.15) is 59.8 Å². The molecule has 46 heavy (non-hydrogen) atoms. The summed E-state index contributed by atoms with van der Waals surface area (Å²) in [7, 11) is 1.43. The number of carbonyl (C=O) groups is 4. The lowest BCUT2D eigenvalue weighted by Gasteiger charge is -2.26. The van der Waals surface area contributed by atoms with Crippen LogP contribution in [0.25, 0.3) is 0 Å². The molecule has 0 aliphatic heterocycles. The van der Waals surface area contributed by atoms with E-state index in [9.17, 15) is 32.3 Å². The molecule has 1 amide bonds. The van der Waals surface area contributed by atoms with Gasteiger partial charge in [0.1, 0.15) is 11.8 Å². The lowest BCUT2D eigenvalue weighted by molar-refractivity contribution is -0.177. The monoisotopic (exact) mass is 678 g/mol. The zero-order valence-electron chi connectivity index (χ0n) is 25.5. The van der Waals surface area contributed by atoms with Crippen molar-refractivity contribution in [3.8, 4) is 5.75 Å². The van der Waals surface area contributed by atoms with Gasteiger partial charge in [-0.3, -0.25) is 19.2 Å². The molecule has 3 aromatic carbocycles. The zero-order valence-corrected chi connectivity index (χ0v) is 27.0. The summed E-state index contributed by atoms with van der Waals surface area (Å²) in [6.07, 6.45) is -6.14. The molecule has 0 aliphatic rings. The van der Waals surface area contributed by atoms with Crippen molar-refractivity contribution in [3.05, 3.63) is 99.0 Å². The molecule has 0 unspecified atom stereocenters. The third-order valence-corrected chi connectivity index (χ3v) is 8.26. The number of nitrogens with two attached hydrogens (primary N) is 1. The average molecular weight is 680 g/mol. The van der Waals surface area contributed by atoms with Crippen molar-refractivity contribution in [3.63, 3.8) is 0 Å². The van der Waals surface area contributed by atoms with E-state index >= 15 is 0 Å². The third-order valence-electron chi connectivity index (χ3n) is 7.67. The molecule has 246 valence electrons. The van der Waals surface area contributed by atoms with Gasteiger partial charge in [-0.05, 0) is 59.4 Å². The van der Waals surface area contributed by atoms with Crippen LogP contribution in [0.2, 0.25) is 10.0 Å². The Bertz CT molecular complexity index is 1560. The van der Waals surface area contributed by atoms with Crippen molar-refractivity contribution in [1.29, 1.82) is 0 Å². The molecule has 12 heteroatoms. The largest absolute Gasteiger partial charge is 0.497 e. The summed E-state index contributed by atoms with van der Waals surface area (Å²) in [5.41, 5.74) is 7.46. The minimum Gasteiger partial charge on any atom is -0.497 e. The standard InChI is InChI=1S/C34H35Cl2F3N2O5/c1-19(2)27(32(44)34(37,38)39)17-30(43)31(21-9-11-26(46-3)12-10-21)41-33(45)24(13-20-5-4-6-25(35)14-20)16-29(42)22-7-8-23(18-40)28(36)15-22/h4-12,14-15,19,24,27,31H,13,16-18,40H2,1-3H3,(H,41,45)/t24-,27+,31+/m1/s1. The summed E-state index contributed by atoms with van der Waals surface area (Å²) in [6.45, 7) is 3.00. The highest BCUT2D eigenvalue weighted by molar-refractivity contribution is 6.31. The van der Waals surface area contributed by atoms with Crippen LogP contribution in [0.5, 0.6) is 5.75 Å². The minimum atomic E-state index is -5.14. The molecule has 0 aromatic heterocycles. The Hall–Kier alpha value is -3.73. The number of methoxy groups -OCH3 is 1. The van der Waals surface area contributed by atoms with Crippen molar-refractivity contribution in [2.45, 2.75) is 51.9 Å². The van der Waals surface area contributed by atoms with E-state index in [-0.39, 0.29) is 30.5 Å². The number of carbonyl (C=O) groups excluding carboxylic acids is 4. The van der Waals surface area contributed by atoms with E-state index in [2.05, 4.69) is 5.32 Å². The Labute approximate surface area is 275 Å². The van der Waals surface area contributed by atoms with Crippen LogP contribution in [0.4, 0.5) is 13.2 Å². The molecule has 0 saturated carbocycles. The molecule has 0 bridgehead atoms. The maximum absolute atomic E-state index is 13.9. The number of alkyl halides is 3. The van der Waals surface area contributed by atoms with Gasteiger partial charge in [0.15, 0.2) is 11.6 Å². The molecule has 0 spiro atoms. The first-order chi connectivity index (χ1) is 21.6. The van der Waals surface area contributed by atoms with Gasteiger partial charge in [-0.25, -0.2) is 0 Å². The Morgan fingerprint density at radius 3 is 2.15 bits per heavy atom. The maximum atomic E-state index is 13.9. The van der Waals surface area contributed by atoms with Crippen LogP contribution in [0.15, 0.2) is 66.7 Å². The summed E-state index contributed by atoms with van der Waals surface area (Å²) in [4.78, 5) is 53.2.